The maximum Gasteiger partial charge on any atom is 0 e. The van der Waals surface area contributed by atoms with Crippen molar-refractivity contribution in [2.24, 2.45) is 0 Å². The molecule has 0 aliphatic carbocycles. The second-order valence-electron chi connectivity index (χ2n) is 2.75. The molecular weight excluding hydrogens is 265 g/mol. The molecule has 0 heterocycles. The first-order chi connectivity index (χ1) is 6.13. The molecule has 2 heteroatoms. The van der Waals surface area contributed by atoms with Crippen LogP contribution in [0.15, 0.2) is 54.0 Å². The molecule has 1 rings (SSSR count). The molecule has 0 N–H and O–H groups in total. The zero-order chi connectivity index (χ0) is 10.1. The third-order valence-electron chi connectivity index (χ3n) is 1.11. The van der Waals surface area contributed by atoms with E-state index >= 15 is 0 Å². The number of hydrogen-bond donors (Lipinski definition) is 0. The molecule has 0 amide bonds. The summed E-state index contributed by atoms with van der Waals surface area (Å²) in [6.45, 7) is 9.16. The summed E-state index contributed by atoms with van der Waals surface area (Å²) in [4.78, 5) is 0.771. The summed E-state index contributed by atoms with van der Waals surface area (Å²) in [5, 5.41) is 0. The van der Waals surface area contributed by atoms with Gasteiger partial charge >= 0.3 is 0 Å². The second-order valence-corrected chi connectivity index (χ2v) is 3.33. The van der Waals surface area contributed by atoms with E-state index in [1.807, 2.05) is 37.3 Å². The van der Waals surface area contributed by atoms with E-state index in [2.05, 4.69) is 19.2 Å². The summed E-state index contributed by atoms with van der Waals surface area (Å²) in [7, 11) is 0. The van der Waals surface area contributed by atoms with Gasteiger partial charge in [0, 0.05) is 32.7 Å². The zero-order valence-corrected chi connectivity index (χ0v) is 12.1. The normalized spacial score (nSPS) is 7.50. The van der Waals surface area contributed by atoms with Gasteiger partial charge in [-0.3, -0.25) is 0 Å². The van der Waals surface area contributed by atoms with Crippen LogP contribution in [0.2, 0.25) is 0 Å². The second kappa shape index (κ2) is 11.1. The van der Waals surface area contributed by atoms with Gasteiger partial charge in [0.25, 0.3) is 0 Å². The average Bonchev–Trinajstić information content (AvgIpc) is 2.06. The van der Waals surface area contributed by atoms with E-state index in [0.717, 1.165) is 16.9 Å². The molecule has 1 aromatic carbocycles. The van der Waals surface area contributed by atoms with Crippen LogP contribution in [-0.4, -0.2) is 0 Å². The first-order valence-electron chi connectivity index (χ1n) is 4.03. The van der Waals surface area contributed by atoms with Crippen LogP contribution in [0.1, 0.15) is 13.3 Å². The summed E-state index contributed by atoms with van der Waals surface area (Å²) in [5.41, 5.74) is 1.08. The Balaban J connectivity index is 0. The quantitative estimate of drug-likeness (QED) is 0.453. The Morgan fingerprint density at radius 1 is 1.21 bits per heavy atom. The summed E-state index contributed by atoms with van der Waals surface area (Å²) in [5.74, 6) is 0. The van der Waals surface area contributed by atoms with E-state index in [9.17, 15) is 0 Å². The molecule has 0 nitrogen and oxygen atoms in total. The van der Waals surface area contributed by atoms with Gasteiger partial charge in [-0.25, -0.2) is 4.91 Å². The van der Waals surface area contributed by atoms with Crippen molar-refractivity contribution >= 4 is 12.6 Å². The van der Waals surface area contributed by atoms with Gasteiger partial charge in [-0.1, -0.05) is 12.2 Å². The van der Waals surface area contributed by atoms with Crippen LogP contribution in [0.3, 0.4) is 0 Å². The Morgan fingerprint density at radius 3 is 1.79 bits per heavy atom. The van der Waals surface area contributed by atoms with Crippen LogP contribution in [0.4, 0.5) is 0 Å². The Hall–Kier alpha value is 0.0239. The molecule has 0 saturated carbocycles. The van der Waals surface area contributed by atoms with Crippen molar-refractivity contribution in [3.63, 3.8) is 0 Å². The first-order valence-corrected chi connectivity index (χ1v) is 4.44. The van der Waals surface area contributed by atoms with Crippen molar-refractivity contribution in [1.29, 1.82) is 0 Å². The van der Waals surface area contributed by atoms with Gasteiger partial charge in [0.15, 0.2) is 0 Å². The molecule has 1 radical (unpaired) electrons. The summed E-state index contributed by atoms with van der Waals surface area (Å²) >= 11 is 4.70. The average molecular weight is 279 g/mol. The fourth-order valence-corrected chi connectivity index (χ4v) is 0.925. The monoisotopic (exact) mass is 279 g/mol. The fourth-order valence-electron chi connectivity index (χ4n) is 0.679. The Bertz CT molecular complexity index is 216. The molecular formula is C12H14SY-2. The standard InChI is InChI=1S/C6H10S.C6H5.Y/c1-5(2)4-6(3)7;1-2-4-6-5-3-1;/h7H,1,3-4H2,2H3;1-5H;/q;-1;/p-1. The van der Waals surface area contributed by atoms with Gasteiger partial charge in [-0.2, -0.15) is 36.4 Å². The van der Waals surface area contributed by atoms with Gasteiger partial charge in [0.2, 0.25) is 0 Å². The topological polar surface area (TPSA) is 0 Å². The van der Waals surface area contributed by atoms with Gasteiger partial charge in [-0.15, -0.1) is 6.58 Å². The molecule has 0 aromatic heterocycles. The first kappa shape index (κ1) is 16.5. The van der Waals surface area contributed by atoms with E-state index in [1.54, 1.807) is 0 Å². The van der Waals surface area contributed by atoms with Crippen LogP contribution in [0.25, 0.3) is 0 Å². The smallest absolute Gasteiger partial charge is 0 e. The molecule has 0 bridgehead atoms. The number of allylic oxidation sites excluding steroid dienone is 2. The van der Waals surface area contributed by atoms with Gasteiger partial charge in [-0.05, 0) is 13.3 Å². The molecule has 0 aliphatic heterocycles. The largest absolute Gasteiger partial charge is 0.784 e. The fraction of sp³-hybridized carbons (Fsp3) is 0.167. The van der Waals surface area contributed by atoms with E-state index < -0.39 is 0 Å². The molecule has 0 spiro atoms. The Morgan fingerprint density at radius 2 is 1.71 bits per heavy atom. The van der Waals surface area contributed by atoms with Gasteiger partial charge in [0.05, 0.1) is 0 Å². The molecule has 0 fully saturated rings. The van der Waals surface area contributed by atoms with Crippen molar-refractivity contribution in [1.82, 2.24) is 0 Å². The van der Waals surface area contributed by atoms with Crippen molar-refractivity contribution < 1.29 is 32.7 Å². The maximum atomic E-state index is 4.70. The minimum absolute atomic E-state index is 0. The van der Waals surface area contributed by atoms with E-state index in [0.29, 0.717) is 0 Å². The Labute approximate surface area is 118 Å². The Kier molecular flexibility index (Phi) is 13.0. The van der Waals surface area contributed by atoms with Crippen LogP contribution in [0.5, 0.6) is 0 Å². The molecule has 0 atom stereocenters. The molecule has 14 heavy (non-hydrogen) atoms. The zero-order valence-electron chi connectivity index (χ0n) is 8.49. The maximum absolute atomic E-state index is 4.70. The minimum Gasteiger partial charge on any atom is -0.784 e. The molecule has 73 valence electrons. The summed E-state index contributed by atoms with van der Waals surface area (Å²) in [6, 6.07) is 12.5. The van der Waals surface area contributed by atoms with Crippen LogP contribution >= 0.6 is 0 Å². The van der Waals surface area contributed by atoms with Crippen molar-refractivity contribution in [3.8, 4) is 0 Å². The molecule has 1 aromatic rings. The van der Waals surface area contributed by atoms with Crippen LogP contribution in [0, 0.1) is 6.07 Å². The molecule has 0 saturated heterocycles. The van der Waals surface area contributed by atoms with Crippen LogP contribution in [-0.2, 0) is 45.3 Å². The van der Waals surface area contributed by atoms with E-state index in [1.165, 1.54) is 0 Å². The number of benzene rings is 1. The summed E-state index contributed by atoms with van der Waals surface area (Å²) in [6.07, 6.45) is 0.787. The van der Waals surface area contributed by atoms with E-state index in [-0.39, 0.29) is 32.7 Å². The third kappa shape index (κ3) is 14.5. The predicted molar refractivity (Wildman–Crippen MR) is 61.2 cm³/mol. The molecule has 0 unspecified atom stereocenters. The van der Waals surface area contributed by atoms with E-state index in [4.69, 9.17) is 12.6 Å². The molecule has 0 aliphatic rings. The van der Waals surface area contributed by atoms with Gasteiger partial charge < -0.3 is 12.6 Å². The minimum atomic E-state index is 0. The van der Waals surface area contributed by atoms with Crippen molar-refractivity contribution in [3.05, 3.63) is 60.0 Å². The van der Waals surface area contributed by atoms with Crippen molar-refractivity contribution in [2.45, 2.75) is 13.3 Å². The SMILES string of the molecule is C=C(C)CC(=C)[S-].[Y].[c-]1ccccc1. The third-order valence-corrected chi connectivity index (χ3v) is 1.25. The summed E-state index contributed by atoms with van der Waals surface area (Å²) < 4.78 is 0. The van der Waals surface area contributed by atoms with Crippen molar-refractivity contribution in [2.75, 3.05) is 0 Å². The van der Waals surface area contributed by atoms with Crippen LogP contribution < -0.4 is 0 Å². The number of rotatable bonds is 2. The predicted octanol–water partition coefficient (Wildman–Crippen LogP) is 3.50. The van der Waals surface area contributed by atoms with Gasteiger partial charge in [0.1, 0.15) is 0 Å². The number of hydrogen-bond acceptors (Lipinski definition) is 1.